The van der Waals surface area contributed by atoms with Crippen molar-refractivity contribution in [2.24, 2.45) is 5.92 Å². The van der Waals surface area contributed by atoms with Gasteiger partial charge in [0.05, 0.1) is 11.6 Å². The van der Waals surface area contributed by atoms with E-state index in [0.717, 1.165) is 0 Å². The zero-order valence-electron chi connectivity index (χ0n) is 8.31. The fraction of sp³-hybridized carbons (Fsp3) is 0.700. The maximum Gasteiger partial charge on any atom is 0.0794 e. The van der Waals surface area contributed by atoms with Crippen LogP contribution in [-0.2, 0) is 0 Å². The van der Waals surface area contributed by atoms with E-state index in [0.29, 0.717) is 18.5 Å². The van der Waals surface area contributed by atoms with Crippen LogP contribution in [0.2, 0.25) is 0 Å². The van der Waals surface area contributed by atoms with Crippen LogP contribution in [0.3, 0.4) is 0 Å². The molecule has 0 amide bonds. The van der Waals surface area contributed by atoms with E-state index in [-0.39, 0.29) is 6.10 Å². The summed E-state index contributed by atoms with van der Waals surface area (Å²) < 4.78 is 0. The molecule has 2 atom stereocenters. The molecule has 0 spiro atoms. The summed E-state index contributed by atoms with van der Waals surface area (Å²) in [5.74, 6) is 0.552. The van der Waals surface area contributed by atoms with E-state index in [1.807, 2.05) is 11.7 Å². The SMILES string of the molecule is CC(NCC(O)C1CC1)c1cncs1. The van der Waals surface area contributed by atoms with E-state index in [1.54, 1.807) is 11.3 Å². The molecule has 1 aromatic heterocycles. The molecule has 0 radical (unpaired) electrons. The van der Waals surface area contributed by atoms with E-state index in [9.17, 15) is 5.11 Å². The largest absolute Gasteiger partial charge is 0.392 e. The van der Waals surface area contributed by atoms with Gasteiger partial charge in [-0.2, -0.15) is 0 Å². The lowest BCUT2D eigenvalue weighted by Gasteiger charge is -2.15. The lowest BCUT2D eigenvalue weighted by Crippen LogP contribution is -2.29. The molecule has 0 saturated heterocycles. The standard InChI is InChI=1S/C10H16N2OS/c1-7(10-5-11-6-14-10)12-4-9(13)8-2-3-8/h5-9,12-13H,2-4H2,1H3. The van der Waals surface area contributed by atoms with Crippen LogP contribution < -0.4 is 5.32 Å². The second-order valence-corrected chi connectivity index (χ2v) is 4.86. The Morgan fingerprint density at radius 1 is 1.71 bits per heavy atom. The third kappa shape index (κ3) is 2.53. The number of aromatic nitrogens is 1. The summed E-state index contributed by atoms with van der Waals surface area (Å²) in [6.45, 7) is 2.80. The van der Waals surface area contributed by atoms with Crippen LogP contribution in [0.25, 0.3) is 0 Å². The van der Waals surface area contributed by atoms with Crippen molar-refractivity contribution in [1.29, 1.82) is 0 Å². The van der Waals surface area contributed by atoms with Crippen LogP contribution in [0.15, 0.2) is 11.7 Å². The van der Waals surface area contributed by atoms with Gasteiger partial charge in [0.1, 0.15) is 0 Å². The highest BCUT2D eigenvalue weighted by Crippen LogP contribution is 2.32. The quantitative estimate of drug-likeness (QED) is 0.778. The van der Waals surface area contributed by atoms with Crippen molar-refractivity contribution in [3.05, 3.63) is 16.6 Å². The van der Waals surface area contributed by atoms with Crippen molar-refractivity contribution in [3.8, 4) is 0 Å². The Bertz CT molecular complexity index is 272. The summed E-state index contributed by atoms with van der Waals surface area (Å²) in [7, 11) is 0. The monoisotopic (exact) mass is 212 g/mol. The lowest BCUT2D eigenvalue weighted by molar-refractivity contribution is 0.145. The third-order valence-electron chi connectivity index (χ3n) is 2.68. The molecule has 2 unspecified atom stereocenters. The Kier molecular flexibility index (Phi) is 3.15. The normalized spacial score (nSPS) is 20.7. The van der Waals surface area contributed by atoms with E-state index in [2.05, 4.69) is 17.2 Å². The topological polar surface area (TPSA) is 45.1 Å². The minimum absolute atomic E-state index is 0.162. The van der Waals surface area contributed by atoms with Gasteiger partial charge in [0.25, 0.3) is 0 Å². The lowest BCUT2D eigenvalue weighted by atomic mass is 10.2. The Balaban J connectivity index is 1.74. The molecule has 2 rings (SSSR count). The van der Waals surface area contributed by atoms with Gasteiger partial charge in [-0.1, -0.05) is 0 Å². The Labute approximate surface area is 88.2 Å². The highest BCUT2D eigenvalue weighted by Gasteiger charge is 2.29. The molecule has 1 saturated carbocycles. The number of hydrogen-bond acceptors (Lipinski definition) is 4. The molecule has 1 fully saturated rings. The average Bonchev–Trinajstić information content (AvgIpc) is 2.90. The van der Waals surface area contributed by atoms with Gasteiger partial charge in [-0.15, -0.1) is 11.3 Å². The van der Waals surface area contributed by atoms with Crippen LogP contribution in [0.4, 0.5) is 0 Å². The second-order valence-electron chi connectivity index (χ2n) is 3.94. The van der Waals surface area contributed by atoms with Gasteiger partial charge in [-0.25, -0.2) is 0 Å². The van der Waals surface area contributed by atoms with Crippen LogP contribution in [0, 0.1) is 5.92 Å². The minimum atomic E-state index is -0.162. The van der Waals surface area contributed by atoms with Gasteiger partial charge in [-0.3, -0.25) is 4.98 Å². The summed E-state index contributed by atoms with van der Waals surface area (Å²) in [5, 5.41) is 13.0. The van der Waals surface area contributed by atoms with E-state index in [4.69, 9.17) is 0 Å². The number of nitrogens with zero attached hydrogens (tertiary/aromatic N) is 1. The molecule has 3 nitrogen and oxygen atoms in total. The predicted octanol–water partition coefficient (Wildman–Crippen LogP) is 1.56. The maximum atomic E-state index is 9.66. The molecule has 2 N–H and O–H groups in total. The first-order valence-corrected chi connectivity index (χ1v) is 5.95. The summed E-state index contributed by atoms with van der Waals surface area (Å²) in [6, 6.07) is 0.302. The number of hydrogen-bond donors (Lipinski definition) is 2. The smallest absolute Gasteiger partial charge is 0.0794 e. The Morgan fingerprint density at radius 3 is 3.07 bits per heavy atom. The number of nitrogens with one attached hydrogen (secondary N) is 1. The molecule has 0 aromatic carbocycles. The first-order chi connectivity index (χ1) is 6.77. The van der Waals surface area contributed by atoms with Gasteiger partial charge in [0.2, 0.25) is 0 Å². The molecule has 1 heterocycles. The third-order valence-corrected chi connectivity index (χ3v) is 3.64. The second kappa shape index (κ2) is 4.38. The zero-order valence-corrected chi connectivity index (χ0v) is 9.13. The number of aliphatic hydroxyl groups is 1. The van der Waals surface area contributed by atoms with Crippen molar-refractivity contribution < 1.29 is 5.11 Å². The van der Waals surface area contributed by atoms with E-state index in [1.165, 1.54) is 17.7 Å². The molecule has 1 aliphatic carbocycles. The van der Waals surface area contributed by atoms with Gasteiger partial charge >= 0.3 is 0 Å². The molecular weight excluding hydrogens is 196 g/mol. The Hall–Kier alpha value is -0.450. The molecule has 4 heteroatoms. The van der Waals surface area contributed by atoms with Gasteiger partial charge in [0, 0.05) is 23.7 Å². The maximum absolute atomic E-state index is 9.66. The number of thiazole rings is 1. The van der Waals surface area contributed by atoms with Crippen LogP contribution in [0.5, 0.6) is 0 Å². The van der Waals surface area contributed by atoms with E-state index >= 15 is 0 Å². The zero-order chi connectivity index (χ0) is 9.97. The summed E-state index contributed by atoms with van der Waals surface area (Å²) in [4.78, 5) is 5.26. The molecule has 0 aliphatic heterocycles. The van der Waals surface area contributed by atoms with Crippen molar-refractivity contribution >= 4 is 11.3 Å². The molecule has 0 bridgehead atoms. The minimum Gasteiger partial charge on any atom is -0.392 e. The summed E-state index contributed by atoms with van der Waals surface area (Å²) in [5.41, 5.74) is 1.84. The highest BCUT2D eigenvalue weighted by atomic mass is 32.1. The summed E-state index contributed by atoms with van der Waals surface area (Å²) in [6.07, 6.45) is 4.10. The first kappa shape index (κ1) is 10.1. The molecule has 78 valence electrons. The van der Waals surface area contributed by atoms with Crippen molar-refractivity contribution in [2.45, 2.75) is 31.9 Å². The van der Waals surface area contributed by atoms with E-state index < -0.39 is 0 Å². The van der Waals surface area contributed by atoms with Crippen LogP contribution in [-0.4, -0.2) is 22.7 Å². The Morgan fingerprint density at radius 2 is 2.50 bits per heavy atom. The molecular formula is C10H16N2OS. The van der Waals surface area contributed by atoms with Crippen molar-refractivity contribution in [2.75, 3.05) is 6.54 Å². The number of rotatable bonds is 5. The average molecular weight is 212 g/mol. The number of aliphatic hydroxyl groups excluding tert-OH is 1. The fourth-order valence-electron chi connectivity index (χ4n) is 1.49. The molecule has 1 aliphatic rings. The van der Waals surface area contributed by atoms with Crippen LogP contribution in [0.1, 0.15) is 30.7 Å². The first-order valence-electron chi connectivity index (χ1n) is 5.07. The predicted molar refractivity (Wildman–Crippen MR) is 57.3 cm³/mol. The van der Waals surface area contributed by atoms with Crippen LogP contribution >= 0.6 is 11.3 Å². The van der Waals surface area contributed by atoms with Gasteiger partial charge in [0.15, 0.2) is 0 Å². The van der Waals surface area contributed by atoms with Gasteiger partial charge in [-0.05, 0) is 25.7 Å². The van der Waals surface area contributed by atoms with Crippen molar-refractivity contribution in [1.82, 2.24) is 10.3 Å². The van der Waals surface area contributed by atoms with Gasteiger partial charge < -0.3 is 10.4 Å². The highest BCUT2D eigenvalue weighted by molar-refractivity contribution is 7.09. The van der Waals surface area contributed by atoms with Crippen molar-refractivity contribution in [3.63, 3.8) is 0 Å². The summed E-state index contributed by atoms with van der Waals surface area (Å²) >= 11 is 1.65. The molecule has 14 heavy (non-hydrogen) atoms. The fourth-order valence-corrected chi connectivity index (χ4v) is 2.14. The molecule has 1 aromatic rings.